The molecule has 2 heterocycles. The van der Waals surface area contributed by atoms with Crippen molar-refractivity contribution in [2.24, 2.45) is 0 Å². The van der Waals surface area contributed by atoms with Gasteiger partial charge in [-0.2, -0.15) is 0 Å². The van der Waals surface area contributed by atoms with Gasteiger partial charge in [0.2, 0.25) is 5.91 Å². The van der Waals surface area contributed by atoms with Crippen LogP contribution in [-0.2, 0) is 9.59 Å². The van der Waals surface area contributed by atoms with E-state index in [1.54, 1.807) is 24.3 Å². The number of benzene rings is 2. The Bertz CT molecular complexity index is 1110. The number of anilines is 3. The van der Waals surface area contributed by atoms with Gasteiger partial charge in [-0.3, -0.25) is 9.59 Å². The predicted molar refractivity (Wildman–Crippen MR) is 128 cm³/mol. The minimum Gasteiger partial charge on any atom is -0.484 e. The highest BCUT2D eigenvalue weighted by molar-refractivity contribution is 5.92. The zero-order chi connectivity index (χ0) is 23.0. The second kappa shape index (κ2) is 10.6. The van der Waals surface area contributed by atoms with Gasteiger partial charge in [0.05, 0.1) is 5.69 Å². The highest BCUT2D eigenvalue weighted by Crippen LogP contribution is 2.23. The van der Waals surface area contributed by atoms with Crippen LogP contribution in [0, 0.1) is 0 Å². The molecule has 1 aliphatic heterocycles. The van der Waals surface area contributed by atoms with Crippen LogP contribution in [0.2, 0.25) is 0 Å². The van der Waals surface area contributed by atoms with Crippen LogP contribution < -0.4 is 20.3 Å². The summed E-state index contributed by atoms with van der Waals surface area (Å²) >= 11 is 0. The fraction of sp³-hybridized carbons (Fsp3) is 0.280. The third kappa shape index (κ3) is 6.29. The summed E-state index contributed by atoms with van der Waals surface area (Å²) in [6.07, 6.45) is 3.65. The lowest BCUT2D eigenvalue weighted by Gasteiger charge is -2.27. The molecule has 0 aliphatic carbocycles. The van der Waals surface area contributed by atoms with Crippen LogP contribution in [0.25, 0.3) is 11.3 Å². The molecule has 4 rings (SSSR count). The average molecular weight is 446 g/mol. The lowest BCUT2D eigenvalue weighted by molar-refractivity contribution is -0.118. The summed E-state index contributed by atoms with van der Waals surface area (Å²) in [6, 6.07) is 18.3. The Morgan fingerprint density at radius 3 is 2.39 bits per heavy atom. The first-order chi connectivity index (χ1) is 16.1. The van der Waals surface area contributed by atoms with Gasteiger partial charge in [0.25, 0.3) is 5.91 Å². The molecule has 1 fully saturated rings. The Morgan fingerprint density at radius 2 is 1.67 bits per heavy atom. The average Bonchev–Trinajstić information content (AvgIpc) is 2.83. The molecule has 0 bridgehead atoms. The number of aromatic nitrogens is 2. The second-order valence-corrected chi connectivity index (χ2v) is 7.95. The van der Waals surface area contributed by atoms with E-state index in [0.29, 0.717) is 17.1 Å². The largest absolute Gasteiger partial charge is 0.484 e. The molecule has 0 unspecified atom stereocenters. The zero-order valence-electron chi connectivity index (χ0n) is 18.6. The molecule has 8 heteroatoms. The molecule has 1 aromatic heterocycles. The van der Waals surface area contributed by atoms with Gasteiger partial charge in [0, 0.05) is 43.0 Å². The fourth-order valence-corrected chi connectivity index (χ4v) is 3.74. The summed E-state index contributed by atoms with van der Waals surface area (Å²) in [5.74, 6) is 0.941. The summed E-state index contributed by atoms with van der Waals surface area (Å²) in [4.78, 5) is 25.8. The highest BCUT2D eigenvalue weighted by atomic mass is 16.5. The Labute approximate surface area is 193 Å². The van der Waals surface area contributed by atoms with E-state index in [1.165, 1.54) is 26.2 Å². The number of carbonyl (C=O) groups excluding carboxylic acids is 2. The van der Waals surface area contributed by atoms with Crippen molar-refractivity contribution in [2.75, 3.05) is 35.2 Å². The number of nitrogens with zero attached hydrogens (tertiary/aromatic N) is 3. The molecule has 1 aliphatic rings. The van der Waals surface area contributed by atoms with Crippen LogP contribution in [-0.4, -0.2) is 41.7 Å². The van der Waals surface area contributed by atoms with E-state index in [-0.39, 0.29) is 18.4 Å². The summed E-state index contributed by atoms with van der Waals surface area (Å²) < 4.78 is 5.56. The number of amides is 2. The number of ether oxygens (including phenoxy) is 1. The maximum absolute atomic E-state index is 12.4. The van der Waals surface area contributed by atoms with Gasteiger partial charge >= 0.3 is 0 Å². The fourth-order valence-electron chi connectivity index (χ4n) is 3.74. The third-order valence-corrected chi connectivity index (χ3v) is 5.30. The van der Waals surface area contributed by atoms with Crippen LogP contribution in [0.15, 0.2) is 60.7 Å². The number of rotatable bonds is 7. The van der Waals surface area contributed by atoms with Gasteiger partial charge in [-0.25, -0.2) is 0 Å². The van der Waals surface area contributed by atoms with Gasteiger partial charge in [0.15, 0.2) is 12.4 Å². The van der Waals surface area contributed by atoms with Crippen LogP contribution in [0.5, 0.6) is 5.75 Å². The van der Waals surface area contributed by atoms with Gasteiger partial charge < -0.3 is 20.3 Å². The van der Waals surface area contributed by atoms with E-state index in [1.807, 2.05) is 36.4 Å². The number of nitrogens with one attached hydrogen (secondary N) is 2. The Morgan fingerprint density at radius 1 is 0.909 bits per heavy atom. The first kappa shape index (κ1) is 22.3. The SMILES string of the molecule is CC(=O)Nc1cccc(OCC(=O)Nc2cccc(-c3ccc(N4CCCCC4)nn3)c2)c1. The number of carbonyl (C=O) groups is 2. The summed E-state index contributed by atoms with van der Waals surface area (Å²) in [6.45, 7) is 3.33. The van der Waals surface area contributed by atoms with Crippen molar-refractivity contribution in [2.45, 2.75) is 26.2 Å². The molecule has 1 saturated heterocycles. The Hall–Kier alpha value is -3.94. The van der Waals surface area contributed by atoms with E-state index in [9.17, 15) is 9.59 Å². The minimum absolute atomic E-state index is 0.155. The molecule has 2 aromatic carbocycles. The topological polar surface area (TPSA) is 96.4 Å². The normalized spacial score (nSPS) is 13.3. The molecule has 170 valence electrons. The molecule has 0 radical (unpaired) electrons. The summed E-state index contributed by atoms with van der Waals surface area (Å²) in [7, 11) is 0. The van der Waals surface area contributed by atoms with E-state index in [0.717, 1.165) is 30.2 Å². The second-order valence-electron chi connectivity index (χ2n) is 7.95. The standard InChI is InChI=1S/C25H27N5O3/c1-18(31)26-21-9-6-10-22(16-21)33-17-25(32)27-20-8-5-7-19(15-20)23-11-12-24(29-28-23)30-13-3-2-4-14-30/h5-12,15-16H,2-4,13-14,17H2,1H3,(H,26,31)(H,27,32). The van der Waals surface area contributed by atoms with Gasteiger partial charge in [-0.15, -0.1) is 10.2 Å². The molecular weight excluding hydrogens is 418 g/mol. The molecule has 33 heavy (non-hydrogen) atoms. The number of hydrogen-bond donors (Lipinski definition) is 2. The summed E-state index contributed by atoms with van der Waals surface area (Å²) in [5.41, 5.74) is 2.88. The predicted octanol–water partition coefficient (Wildman–Crippen LogP) is 4.11. The van der Waals surface area contributed by atoms with E-state index in [4.69, 9.17) is 4.74 Å². The van der Waals surface area contributed by atoms with Gasteiger partial charge in [-0.1, -0.05) is 18.2 Å². The molecule has 0 spiro atoms. The Balaban J connectivity index is 1.35. The molecule has 8 nitrogen and oxygen atoms in total. The monoisotopic (exact) mass is 445 g/mol. The lowest BCUT2D eigenvalue weighted by atomic mass is 10.1. The van der Waals surface area contributed by atoms with Crippen molar-refractivity contribution >= 4 is 29.0 Å². The zero-order valence-corrected chi connectivity index (χ0v) is 18.6. The van der Waals surface area contributed by atoms with Crippen molar-refractivity contribution in [1.29, 1.82) is 0 Å². The number of piperidine rings is 1. The molecule has 0 atom stereocenters. The first-order valence-electron chi connectivity index (χ1n) is 11.1. The van der Waals surface area contributed by atoms with Crippen LogP contribution >= 0.6 is 0 Å². The van der Waals surface area contributed by atoms with E-state index >= 15 is 0 Å². The van der Waals surface area contributed by atoms with Gasteiger partial charge in [0.1, 0.15) is 5.75 Å². The molecule has 2 amide bonds. The smallest absolute Gasteiger partial charge is 0.262 e. The Kier molecular flexibility index (Phi) is 7.14. The van der Waals surface area contributed by atoms with Crippen LogP contribution in [0.4, 0.5) is 17.2 Å². The van der Waals surface area contributed by atoms with Crippen molar-refractivity contribution in [3.63, 3.8) is 0 Å². The first-order valence-corrected chi connectivity index (χ1v) is 11.1. The molecular formula is C25H27N5O3. The van der Waals surface area contributed by atoms with Gasteiger partial charge in [-0.05, 0) is 55.7 Å². The van der Waals surface area contributed by atoms with Crippen LogP contribution in [0.3, 0.4) is 0 Å². The number of hydrogen-bond acceptors (Lipinski definition) is 6. The van der Waals surface area contributed by atoms with E-state index < -0.39 is 0 Å². The van der Waals surface area contributed by atoms with Crippen molar-refractivity contribution in [3.8, 4) is 17.0 Å². The quantitative estimate of drug-likeness (QED) is 0.568. The third-order valence-electron chi connectivity index (χ3n) is 5.30. The van der Waals surface area contributed by atoms with Crippen LogP contribution in [0.1, 0.15) is 26.2 Å². The minimum atomic E-state index is -0.288. The molecule has 3 aromatic rings. The van der Waals surface area contributed by atoms with Crippen molar-refractivity contribution in [3.05, 3.63) is 60.7 Å². The maximum atomic E-state index is 12.4. The lowest BCUT2D eigenvalue weighted by Crippen LogP contribution is -2.30. The highest BCUT2D eigenvalue weighted by Gasteiger charge is 2.13. The van der Waals surface area contributed by atoms with Crippen molar-refractivity contribution in [1.82, 2.24) is 10.2 Å². The van der Waals surface area contributed by atoms with Crippen molar-refractivity contribution < 1.29 is 14.3 Å². The molecule has 2 N–H and O–H groups in total. The van der Waals surface area contributed by atoms with E-state index in [2.05, 4.69) is 25.7 Å². The maximum Gasteiger partial charge on any atom is 0.262 e. The summed E-state index contributed by atoms with van der Waals surface area (Å²) in [5, 5.41) is 14.3. The molecule has 0 saturated carbocycles.